The third-order valence-electron chi connectivity index (χ3n) is 2.99. The molecule has 0 aliphatic heterocycles. The molecule has 1 heterocycles. The molecule has 0 aliphatic rings. The Morgan fingerprint density at radius 2 is 1.68 bits per heavy atom. The maximum atomic E-state index is 12.1. The smallest absolute Gasteiger partial charge is 0.354 e. The van der Waals surface area contributed by atoms with E-state index in [0.29, 0.717) is 28.1 Å². The first kappa shape index (κ1) is 11.3. The number of nitrogen functional groups attached to an aromatic ring is 2. The van der Waals surface area contributed by atoms with Gasteiger partial charge in [-0.3, -0.25) is 0 Å². The fourth-order valence-corrected chi connectivity index (χ4v) is 2.12. The number of nitrogens with zero attached hydrogens (tertiary/aromatic N) is 2. The largest absolute Gasteiger partial charge is 0.398 e. The second kappa shape index (κ2) is 4.13. The van der Waals surface area contributed by atoms with E-state index < -0.39 is 5.69 Å². The Balaban J connectivity index is 2.45. The van der Waals surface area contributed by atoms with Crippen LogP contribution in [0.4, 0.5) is 11.5 Å². The Morgan fingerprint density at radius 1 is 0.947 bits per heavy atom. The van der Waals surface area contributed by atoms with E-state index >= 15 is 0 Å². The molecule has 1 aromatic heterocycles. The molecule has 0 unspecified atom stereocenters. The average Bonchev–Trinajstić information content (AvgIpc) is 2.39. The standard InChI is InChI=1S/C14H12N4O/c15-10-7-4-8-11-12(10)13(16)18(14(19)17-11)9-5-2-1-3-6-9/h1-8H,15-16H2. The van der Waals surface area contributed by atoms with E-state index in [0.717, 1.165) is 0 Å². The maximum Gasteiger partial charge on any atom is 0.354 e. The Hall–Kier alpha value is -2.82. The van der Waals surface area contributed by atoms with Crippen molar-refractivity contribution in [3.63, 3.8) is 0 Å². The Bertz CT molecular complexity index is 809. The summed E-state index contributed by atoms with van der Waals surface area (Å²) in [6.45, 7) is 0. The minimum atomic E-state index is -0.415. The van der Waals surface area contributed by atoms with E-state index in [1.165, 1.54) is 4.57 Å². The second-order valence-electron chi connectivity index (χ2n) is 4.19. The molecule has 5 nitrogen and oxygen atoms in total. The van der Waals surface area contributed by atoms with Crippen molar-refractivity contribution in [3.8, 4) is 5.69 Å². The Kier molecular flexibility index (Phi) is 2.45. The zero-order valence-corrected chi connectivity index (χ0v) is 10.1. The first-order valence-corrected chi connectivity index (χ1v) is 5.80. The molecule has 0 saturated carbocycles. The van der Waals surface area contributed by atoms with Gasteiger partial charge in [-0.25, -0.2) is 9.36 Å². The summed E-state index contributed by atoms with van der Waals surface area (Å²) in [5.74, 6) is 0.305. The van der Waals surface area contributed by atoms with Gasteiger partial charge in [0.25, 0.3) is 0 Å². The van der Waals surface area contributed by atoms with E-state index in [9.17, 15) is 4.79 Å². The highest BCUT2D eigenvalue weighted by Crippen LogP contribution is 2.25. The summed E-state index contributed by atoms with van der Waals surface area (Å²) in [6, 6.07) is 14.3. The number of fused-ring (bicyclic) bond motifs is 1. The summed E-state index contributed by atoms with van der Waals surface area (Å²) >= 11 is 0. The average molecular weight is 252 g/mol. The van der Waals surface area contributed by atoms with Crippen molar-refractivity contribution >= 4 is 22.4 Å². The summed E-state index contributed by atoms with van der Waals surface area (Å²) in [5.41, 5.74) is 13.3. The molecule has 0 fully saturated rings. The molecular formula is C14H12N4O. The molecule has 0 bridgehead atoms. The van der Waals surface area contributed by atoms with E-state index in [4.69, 9.17) is 11.5 Å². The van der Waals surface area contributed by atoms with Crippen molar-refractivity contribution in [3.05, 3.63) is 59.0 Å². The van der Waals surface area contributed by atoms with Gasteiger partial charge in [-0.05, 0) is 24.3 Å². The van der Waals surface area contributed by atoms with Crippen LogP contribution in [0.1, 0.15) is 0 Å². The summed E-state index contributed by atoms with van der Waals surface area (Å²) in [7, 11) is 0. The predicted molar refractivity (Wildman–Crippen MR) is 76.2 cm³/mol. The lowest BCUT2D eigenvalue weighted by Gasteiger charge is -2.12. The van der Waals surface area contributed by atoms with Crippen molar-refractivity contribution in [1.82, 2.24) is 9.55 Å². The topological polar surface area (TPSA) is 86.9 Å². The quantitative estimate of drug-likeness (QED) is 0.643. The first-order valence-electron chi connectivity index (χ1n) is 5.80. The van der Waals surface area contributed by atoms with Crippen LogP contribution < -0.4 is 17.2 Å². The number of para-hydroxylation sites is 1. The van der Waals surface area contributed by atoms with E-state index in [1.807, 2.05) is 18.2 Å². The van der Waals surface area contributed by atoms with E-state index in [-0.39, 0.29) is 0 Å². The van der Waals surface area contributed by atoms with Crippen molar-refractivity contribution in [2.75, 3.05) is 11.5 Å². The van der Waals surface area contributed by atoms with Crippen LogP contribution in [0.25, 0.3) is 16.6 Å². The first-order chi connectivity index (χ1) is 9.18. The van der Waals surface area contributed by atoms with Crippen LogP contribution in [-0.2, 0) is 0 Å². The highest BCUT2D eigenvalue weighted by Gasteiger charge is 2.11. The Labute approximate surface area is 109 Å². The van der Waals surface area contributed by atoms with Gasteiger partial charge in [0, 0.05) is 5.69 Å². The van der Waals surface area contributed by atoms with Gasteiger partial charge in [-0.15, -0.1) is 0 Å². The molecule has 0 spiro atoms. The van der Waals surface area contributed by atoms with Gasteiger partial charge in [-0.2, -0.15) is 4.98 Å². The van der Waals surface area contributed by atoms with Crippen molar-refractivity contribution in [1.29, 1.82) is 0 Å². The molecule has 0 aliphatic carbocycles. The lowest BCUT2D eigenvalue weighted by Crippen LogP contribution is -2.24. The molecule has 3 aromatic rings. The fourth-order valence-electron chi connectivity index (χ4n) is 2.12. The van der Waals surface area contributed by atoms with Crippen molar-refractivity contribution in [2.45, 2.75) is 0 Å². The molecule has 3 rings (SSSR count). The van der Waals surface area contributed by atoms with Crippen LogP contribution in [-0.4, -0.2) is 9.55 Å². The zero-order chi connectivity index (χ0) is 13.4. The van der Waals surface area contributed by atoms with Gasteiger partial charge in [0.05, 0.1) is 16.6 Å². The van der Waals surface area contributed by atoms with Crippen molar-refractivity contribution in [2.24, 2.45) is 0 Å². The molecule has 0 radical (unpaired) electrons. The van der Waals surface area contributed by atoms with Crippen LogP contribution in [0.5, 0.6) is 0 Å². The maximum absolute atomic E-state index is 12.1. The van der Waals surface area contributed by atoms with Crippen molar-refractivity contribution < 1.29 is 0 Å². The van der Waals surface area contributed by atoms with Gasteiger partial charge >= 0.3 is 5.69 Å². The molecule has 0 atom stereocenters. The molecule has 0 saturated heterocycles. The number of aromatic nitrogens is 2. The number of anilines is 2. The molecule has 2 aromatic carbocycles. The number of hydrogen-bond donors (Lipinski definition) is 2. The van der Waals surface area contributed by atoms with E-state index in [1.54, 1.807) is 30.3 Å². The summed E-state index contributed by atoms with van der Waals surface area (Å²) < 4.78 is 1.36. The SMILES string of the molecule is Nc1cccc2nc(=O)n(-c3ccccc3)c(N)c12. The third kappa shape index (κ3) is 1.72. The summed E-state index contributed by atoms with van der Waals surface area (Å²) in [5, 5.41) is 0.603. The Morgan fingerprint density at radius 3 is 2.42 bits per heavy atom. The molecule has 19 heavy (non-hydrogen) atoms. The van der Waals surface area contributed by atoms with Crippen LogP contribution in [0.3, 0.4) is 0 Å². The molecular weight excluding hydrogens is 240 g/mol. The monoisotopic (exact) mass is 252 g/mol. The third-order valence-corrected chi connectivity index (χ3v) is 2.99. The molecule has 0 amide bonds. The van der Waals surface area contributed by atoms with Crippen LogP contribution in [0.2, 0.25) is 0 Å². The van der Waals surface area contributed by atoms with Crippen LogP contribution in [0, 0.1) is 0 Å². The highest BCUT2D eigenvalue weighted by atomic mass is 16.1. The van der Waals surface area contributed by atoms with E-state index in [2.05, 4.69) is 4.98 Å². The lowest BCUT2D eigenvalue weighted by molar-refractivity contribution is 0.951. The van der Waals surface area contributed by atoms with Crippen LogP contribution >= 0.6 is 0 Å². The minimum absolute atomic E-state index is 0.305. The number of nitrogens with two attached hydrogens (primary N) is 2. The number of hydrogen-bond acceptors (Lipinski definition) is 4. The fraction of sp³-hybridized carbons (Fsp3) is 0. The highest BCUT2D eigenvalue weighted by molar-refractivity contribution is 5.98. The van der Waals surface area contributed by atoms with Gasteiger partial charge in [0.15, 0.2) is 0 Å². The second-order valence-corrected chi connectivity index (χ2v) is 4.19. The zero-order valence-electron chi connectivity index (χ0n) is 10.1. The molecule has 5 heteroatoms. The summed E-state index contributed by atoms with van der Waals surface area (Å²) in [4.78, 5) is 16.1. The predicted octanol–water partition coefficient (Wildman–Crippen LogP) is 1.55. The van der Waals surface area contributed by atoms with Gasteiger partial charge in [0.1, 0.15) is 5.82 Å². The molecule has 4 N–H and O–H groups in total. The minimum Gasteiger partial charge on any atom is -0.398 e. The molecule has 94 valence electrons. The summed E-state index contributed by atoms with van der Waals surface area (Å²) in [6.07, 6.45) is 0. The lowest BCUT2D eigenvalue weighted by atomic mass is 10.2. The number of rotatable bonds is 1. The van der Waals surface area contributed by atoms with Gasteiger partial charge in [-0.1, -0.05) is 24.3 Å². The van der Waals surface area contributed by atoms with Gasteiger partial charge in [0.2, 0.25) is 0 Å². The van der Waals surface area contributed by atoms with Gasteiger partial charge < -0.3 is 11.5 Å². The normalized spacial score (nSPS) is 10.7. The van der Waals surface area contributed by atoms with Crippen LogP contribution in [0.15, 0.2) is 53.3 Å². The number of benzene rings is 2.